The molecule has 2 aliphatic heterocycles. The second-order valence-corrected chi connectivity index (χ2v) is 8.54. The summed E-state index contributed by atoms with van der Waals surface area (Å²) >= 11 is 1.16. The Morgan fingerprint density at radius 2 is 1.76 bits per heavy atom. The summed E-state index contributed by atoms with van der Waals surface area (Å²) in [6.45, 7) is -1.74. The lowest BCUT2D eigenvalue weighted by Crippen LogP contribution is -2.53. The van der Waals surface area contributed by atoms with Crippen LogP contribution in [0.1, 0.15) is 11.6 Å². The maximum atomic E-state index is 13.4. The number of carbonyl (C=O) groups is 2. The number of carbonyl (C=O) groups excluding carboxylic acids is 2. The zero-order chi connectivity index (χ0) is 23.4. The van der Waals surface area contributed by atoms with Crippen molar-refractivity contribution in [1.82, 2.24) is 9.80 Å². The third-order valence-electron chi connectivity index (χ3n) is 5.34. The third-order valence-corrected chi connectivity index (χ3v) is 6.03. The second kappa shape index (κ2) is 10.1. The minimum absolute atomic E-state index is 0.0760. The highest BCUT2D eigenvalue weighted by atomic mass is 32.2. The molecule has 1 amide bonds. The number of Topliss-reactive ketones (excluding diaryl/α,β-unsaturated/α-hetero) is 1. The lowest BCUT2D eigenvalue weighted by Gasteiger charge is -2.38. The Morgan fingerprint density at radius 3 is 2.39 bits per heavy atom. The van der Waals surface area contributed by atoms with E-state index in [-0.39, 0.29) is 37.1 Å². The summed E-state index contributed by atoms with van der Waals surface area (Å²) in [6.07, 6.45) is 1.61. The van der Waals surface area contributed by atoms with Crippen LogP contribution in [-0.2, 0) is 9.59 Å². The number of benzene rings is 2. The van der Waals surface area contributed by atoms with E-state index in [0.29, 0.717) is 12.2 Å². The molecule has 2 N–H and O–H groups in total. The molecule has 4 rings (SSSR count). The Hall–Kier alpha value is -3.24. The van der Waals surface area contributed by atoms with Crippen LogP contribution in [0.4, 0.5) is 8.78 Å². The van der Waals surface area contributed by atoms with Gasteiger partial charge in [-0.2, -0.15) is 8.78 Å². The van der Waals surface area contributed by atoms with Gasteiger partial charge in [0.05, 0.1) is 19.6 Å². The molecule has 2 aromatic rings. The number of ketones is 1. The fourth-order valence-electron chi connectivity index (χ4n) is 3.69. The molecule has 0 radical (unpaired) electrons. The molecule has 172 valence electrons. The number of nitrogens with two attached hydrogens (primary N) is 1. The highest BCUT2D eigenvalue weighted by Crippen LogP contribution is 2.29. The van der Waals surface area contributed by atoms with Gasteiger partial charge in [0.2, 0.25) is 5.91 Å². The summed E-state index contributed by atoms with van der Waals surface area (Å²) in [7, 11) is 0. The van der Waals surface area contributed by atoms with Crippen LogP contribution >= 0.6 is 11.9 Å². The van der Waals surface area contributed by atoms with Crippen LogP contribution in [-0.4, -0.2) is 60.5 Å². The van der Waals surface area contributed by atoms with Crippen molar-refractivity contribution in [2.75, 3.05) is 26.2 Å². The third kappa shape index (κ3) is 5.58. The first kappa shape index (κ1) is 22.9. The molecule has 2 aliphatic rings. The number of halogens is 2. The zero-order valence-corrected chi connectivity index (χ0v) is 18.4. The Morgan fingerprint density at radius 1 is 1.06 bits per heavy atom. The molecule has 2 heterocycles. The highest BCUT2D eigenvalue weighted by molar-refractivity contribution is 7.98. The number of hydrogen-bond donors (Lipinski definition) is 1. The Balaban J connectivity index is 1.38. The van der Waals surface area contributed by atoms with Gasteiger partial charge in [0, 0.05) is 40.9 Å². The predicted molar refractivity (Wildman–Crippen MR) is 121 cm³/mol. The van der Waals surface area contributed by atoms with Crippen molar-refractivity contribution >= 4 is 29.9 Å². The van der Waals surface area contributed by atoms with Gasteiger partial charge < -0.3 is 15.4 Å². The van der Waals surface area contributed by atoms with E-state index in [0.717, 1.165) is 28.0 Å². The van der Waals surface area contributed by atoms with Crippen LogP contribution < -0.4 is 10.5 Å². The van der Waals surface area contributed by atoms with Crippen LogP contribution in [0.5, 0.6) is 5.75 Å². The van der Waals surface area contributed by atoms with E-state index in [1.807, 2.05) is 35.2 Å². The molecule has 1 unspecified atom stereocenters. The molecule has 0 spiro atoms. The molecule has 10 heteroatoms. The fourth-order valence-corrected chi connectivity index (χ4v) is 4.25. The molecule has 7 nitrogen and oxygen atoms in total. The van der Waals surface area contributed by atoms with Gasteiger partial charge in [0.1, 0.15) is 11.8 Å². The van der Waals surface area contributed by atoms with E-state index in [4.69, 9.17) is 5.73 Å². The minimum atomic E-state index is -2.87. The number of rotatable bonds is 8. The fraction of sp³-hybridized carbons (Fsp3) is 0.261. The van der Waals surface area contributed by atoms with Crippen LogP contribution in [0.25, 0.3) is 0 Å². The Kier molecular flexibility index (Phi) is 7.05. The molecular formula is C23H22F2N4O3S. The standard InChI is InChI=1S/C23H22F2N4O3S/c24-23(25)32-18-6-8-19(9-7-18)33-27-10-16-11-29(14-20(16)26)22(31)21(28-12-17(30)13-28)15-4-2-1-3-5-15/h1-10,21,23H,11-14,26H2/b27-10+. The Bertz CT molecular complexity index is 1070. The lowest BCUT2D eigenvalue weighted by molar-refractivity contribution is -0.142. The first-order valence-corrected chi connectivity index (χ1v) is 11.0. The Labute approximate surface area is 194 Å². The quantitative estimate of drug-likeness (QED) is 0.469. The first-order chi connectivity index (χ1) is 15.9. The molecule has 0 saturated carbocycles. The predicted octanol–water partition coefficient (Wildman–Crippen LogP) is 3.05. The number of likely N-dealkylation sites (tertiary alicyclic amines) is 1. The topological polar surface area (TPSA) is 88.2 Å². The molecule has 1 saturated heterocycles. The van der Waals surface area contributed by atoms with Crippen molar-refractivity contribution in [1.29, 1.82) is 0 Å². The van der Waals surface area contributed by atoms with Crippen LogP contribution in [0.2, 0.25) is 0 Å². The molecule has 0 aromatic heterocycles. The van der Waals surface area contributed by atoms with Gasteiger partial charge in [-0.15, -0.1) is 0 Å². The van der Waals surface area contributed by atoms with E-state index in [1.54, 1.807) is 23.2 Å². The maximum Gasteiger partial charge on any atom is 0.387 e. The average molecular weight is 473 g/mol. The van der Waals surface area contributed by atoms with Crippen molar-refractivity contribution in [3.63, 3.8) is 0 Å². The van der Waals surface area contributed by atoms with Gasteiger partial charge in [-0.1, -0.05) is 30.3 Å². The smallest absolute Gasteiger partial charge is 0.387 e. The molecule has 1 fully saturated rings. The van der Waals surface area contributed by atoms with Gasteiger partial charge >= 0.3 is 6.61 Å². The van der Waals surface area contributed by atoms with E-state index >= 15 is 0 Å². The second-order valence-electron chi connectivity index (χ2n) is 7.68. The number of amides is 1. The van der Waals surface area contributed by atoms with E-state index in [2.05, 4.69) is 9.13 Å². The number of ether oxygens (including phenoxy) is 1. The van der Waals surface area contributed by atoms with Gasteiger partial charge in [0.15, 0.2) is 5.78 Å². The maximum absolute atomic E-state index is 13.4. The SMILES string of the molecule is NC1=C(/C=N/Sc2ccc(OC(F)F)cc2)CN(C(=O)C(c2ccccc2)N2CC(=O)C2)C1. The van der Waals surface area contributed by atoms with E-state index in [9.17, 15) is 18.4 Å². The van der Waals surface area contributed by atoms with Gasteiger partial charge in [0.25, 0.3) is 0 Å². The zero-order valence-electron chi connectivity index (χ0n) is 17.6. The van der Waals surface area contributed by atoms with Crippen molar-refractivity contribution in [3.05, 3.63) is 71.4 Å². The van der Waals surface area contributed by atoms with Crippen molar-refractivity contribution in [2.24, 2.45) is 10.1 Å². The average Bonchev–Trinajstić information content (AvgIpc) is 3.15. The molecule has 0 aliphatic carbocycles. The van der Waals surface area contributed by atoms with E-state index < -0.39 is 12.7 Å². The molecule has 2 aromatic carbocycles. The molecule has 0 bridgehead atoms. The summed E-state index contributed by atoms with van der Waals surface area (Å²) in [5.74, 6) is 0.0795. The summed E-state index contributed by atoms with van der Waals surface area (Å²) in [4.78, 5) is 29.2. The van der Waals surface area contributed by atoms with Crippen LogP contribution in [0.3, 0.4) is 0 Å². The normalized spacial score (nSPS) is 17.7. The van der Waals surface area contributed by atoms with Gasteiger partial charge in [-0.05, 0) is 29.8 Å². The number of hydrogen-bond acceptors (Lipinski definition) is 7. The lowest BCUT2D eigenvalue weighted by atomic mass is 10.00. The van der Waals surface area contributed by atoms with Crippen molar-refractivity contribution in [3.8, 4) is 5.75 Å². The molecule has 1 atom stereocenters. The van der Waals surface area contributed by atoms with Crippen molar-refractivity contribution in [2.45, 2.75) is 17.5 Å². The van der Waals surface area contributed by atoms with Gasteiger partial charge in [-0.25, -0.2) is 4.40 Å². The van der Waals surface area contributed by atoms with Gasteiger partial charge in [-0.3, -0.25) is 14.5 Å². The van der Waals surface area contributed by atoms with E-state index in [1.165, 1.54) is 12.1 Å². The van der Waals surface area contributed by atoms with Crippen LogP contribution in [0, 0.1) is 0 Å². The minimum Gasteiger partial charge on any atom is -0.435 e. The number of nitrogens with zero attached hydrogens (tertiary/aromatic N) is 3. The summed E-state index contributed by atoms with van der Waals surface area (Å²) < 4.78 is 33.1. The monoisotopic (exact) mass is 472 g/mol. The largest absolute Gasteiger partial charge is 0.435 e. The van der Waals surface area contributed by atoms with Crippen molar-refractivity contribution < 1.29 is 23.1 Å². The van der Waals surface area contributed by atoms with Crippen LogP contribution in [0.15, 0.2) is 75.2 Å². The molecule has 33 heavy (non-hydrogen) atoms. The summed E-state index contributed by atoms with van der Waals surface area (Å²) in [6, 6.07) is 15.0. The summed E-state index contributed by atoms with van der Waals surface area (Å²) in [5, 5.41) is 0. The number of alkyl halides is 2. The molecular weight excluding hydrogens is 450 g/mol. The summed E-state index contributed by atoms with van der Waals surface area (Å²) in [5.41, 5.74) is 8.30. The first-order valence-electron chi connectivity index (χ1n) is 10.2. The highest BCUT2D eigenvalue weighted by Gasteiger charge is 2.39.